The van der Waals surface area contributed by atoms with Crippen molar-refractivity contribution in [3.63, 3.8) is 0 Å². The minimum Gasteiger partial charge on any atom is -0.492 e. The molecule has 160 valence electrons. The fourth-order valence-corrected chi connectivity index (χ4v) is 3.26. The normalized spacial score (nSPS) is 15.6. The summed E-state index contributed by atoms with van der Waals surface area (Å²) >= 11 is 0. The molecule has 1 aliphatic heterocycles. The molecule has 0 amide bonds. The molecule has 1 aromatic heterocycles. The van der Waals surface area contributed by atoms with Gasteiger partial charge in [-0.15, -0.1) is 24.0 Å². The Hall–Kier alpha value is -1.88. The molecule has 0 bridgehead atoms. The summed E-state index contributed by atoms with van der Waals surface area (Å²) < 4.78 is 37.2. The van der Waals surface area contributed by atoms with E-state index in [1.54, 1.807) is 13.3 Å². The molecule has 0 spiro atoms. The van der Waals surface area contributed by atoms with Crippen LogP contribution in [0.3, 0.4) is 0 Å². The van der Waals surface area contributed by atoms with Gasteiger partial charge in [0.15, 0.2) is 17.6 Å². The summed E-state index contributed by atoms with van der Waals surface area (Å²) in [7, 11) is 1.70. The largest absolute Gasteiger partial charge is 0.492 e. The Morgan fingerprint density at radius 1 is 1.21 bits per heavy atom. The summed E-state index contributed by atoms with van der Waals surface area (Å²) in [5, 5.41) is 6.48. The smallest absolute Gasteiger partial charge is 0.191 e. The van der Waals surface area contributed by atoms with Gasteiger partial charge < -0.3 is 19.8 Å². The minimum absolute atomic E-state index is 0. The molecule has 29 heavy (non-hydrogen) atoms. The molecular formula is C20H27F2IN4O2. The first-order valence-electron chi connectivity index (χ1n) is 9.47. The lowest BCUT2D eigenvalue weighted by Gasteiger charge is -2.26. The maximum absolute atomic E-state index is 13.2. The molecule has 2 aromatic rings. The van der Waals surface area contributed by atoms with Crippen molar-refractivity contribution in [2.75, 3.05) is 39.8 Å². The molecule has 1 atom stereocenters. The molecule has 1 aliphatic rings. The highest BCUT2D eigenvalue weighted by molar-refractivity contribution is 14.0. The van der Waals surface area contributed by atoms with Crippen molar-refractivity contribution in [1.82, 2.24) is 15.5 Å². The average Bonchev–Trinajstić information content (AvgIpc) is 3.41. The predicted octanol–water partition coefficient (Wildman–Crippen LogP) is 3.56. The predicted molar refractivity (Wildman–Crippen MR) is 119 cm³/mol. The highest BCUT2D eigenvalue weighted by Gasteiger charge is 2.25. The molecule has 1 unspecified atom stereocenters. The first-order valence-corrected chi connectivity index (χ1v) is 9.47. The van der Waals surface area contributed by atoms with Crippen LogP contribution in [0.25, 0.3) is 0 Å². The van der Waals surface area contributed by atoms with Crippen LogP contribution < -0.4 is 15.4 Å². The SMILES string of the molecule is CN=C(NCCOc1ccc(F)c(F)c1)NCC(c1ccco1)N1CCCC1.I. The number of ether oxygens (including phenoxy) is 1. The summed E-state index contributed by atoms with van der Waals surface area (Å²) in [4.78, 5) is 6.63. The van der Waals surface area contributed by atoms with Gasteiger partial charge in [-0.3, -0.25) is 9.89 Å². The zero-order valence-corrected chi connectivity index (χ0v) is 18.7. The van der Waals surface area contributed by atoms with E-state index in [4.69, 9.17) is 9.15 Å². The number of nitrogens with one attached hydrogen (secondary N) is 2. The van der Waals surface area contributed by atoms with E-state index in [2.05, 4.69) is 20.5 Å². The molecule has 0 saturated carbocycles. The fourth-order valence-electron chi connectivity index (χ4n) is 3.26. The molecular weight excluding hydrogens is 493 g/mol. The highest BCUT2D eigenvalue weighted by Crippen LogP contribution is 2.24. The summed E-state index contributed by atoms with van der Waals surface area (Å²) in [6.45, 7) is 3.53. The second-order valence-electron chi connectivity index (χ2n) is 6.58. The molecule has 2 N–H and O–H groups in total. The zero-order chi connectivity index (χ0) is 19.8. The number of guanidine groups is 1. The number of hydrogen-bond acceptors (Lipinski definition) is 4. The van der Waals surface area contributed by atoms with Gasteiger partial charge in [0, 0.05) is 19.7 Å². The van der Waals surface area contributed by atoms with E-state index in [1.165, 1.54) is 18.9 Å². The maximum atomic E-state index is 13.2. The van der Waals surface area contributed by atoms with Crippen molar-refractivity contribution in [2.24, 2.45) is 4.99 Å². The average molecular weight is 520 g/mol. The lowest BCUT2D eigenvalue weighted by atomic mass is 10.2. The van der Waals surface area contributed by atoms with Crippen LogP contribution in [-0.4, -0.2) is 50.7 Å². The van der Waals surface area contributed by atoms with Gasteiger partial charge in [0.1, 0.15) is 18.1 Å². The number of benzene rings is 1. The maximum Gasteiger partial charge on any atom is 0.191 e. The number of halogens is 3. The number of likely N-dealkylation sites (tertiary alicyclic amines) is 1. The van der Waals surface area contributed by atoms with Gasteiger partial charge in [0.25, 0.3) is 0 Å². The van der Waals surface area contributed by atoms with Crippen LogP contribution in [0.4, 0.5) is 8.78 Å². The van der Waals surface area contributed by atoms with Crippen LogP contribution in [-0.2, 0) is 0 Å². The van der Waals surface area contributed by atoms with Crippen LogP contribution in [0, 0.1) is 11.6 Å². The third kappa shape index (κ3) is 6.84. The molecule has 1 saturated heterocycles. The fraction of sp³-hybridized carbons (Fsp3) is 0.450. The molecule has 1 fully saturated rings. The Morgan fingerprint density at radius 2 is 2.00 bits per heavy atom. The molecule has 3 rings (SSSR count). The highest BCUT2D eigenvalue weighted by atomic mass is 127. The third-order valence-electron chi connectivity index (χ3n) is 4.69. The number of rotatable bonds is 8. The van der Waals surface area contributed by atoms with Gasteiger partial charge in [0.05, 0.1) is 18.8 Å². The zero-order valence-electron chi connectivity index (χ0n) is 16.4. The van der Waals surface area contributed by atoms with E-state index < -0.39 is 11.6 Å². The number of furan rings is 1. The standard InChI is InChI=1S/C20H26F2N4O2.HI/c1-23-20(24-8-12-27-15-6-7-16(21)17(22)13-15)25-14-18(19-5-4-11-28-19)26-9-2-3-10-26;/h4-7,11,13,18H,2-3,8-10,12,14H2,1H3,(H2,23,24,25);1H. The van der Waals surface area contributed by atoms with Crippen LogP contribution in [0.5, 0.6) is 5.75 Å². The second kappa shape index (κ2) is 12.0. The van der Waals surface area contributed by atoms with E-state index in [-0.39, 0.29) is 35.8 Å². The lowest BCUT2D eigenvalue weighted by Crippen LogP contribution is -2.43. The van der Waals surface area contributed by atoms with Crippen LogP contribution in [0.15, 0.2) is 46.0 Å². The van der Waals surface area contributed by atoms with Crippen molar-refractivity contribution in [1.29, 1.82) is 0 Å². The van der Waals surface area contributed by atoms with Crippen molar-refractivity contribution in [3.8, 4) is 5.75 Å². The van der Waals surface area contributed by atoms with Crippen molar-refractivity contribution >= 4 is 29.9 Å². The van der Waals surface area contributed by atoms with Gasteiger partial charge in [-0.05, 0) is 50.2 Å². The summed E-state index contributed by atoms with van der Waals surface area (Å²) in [6, 6.07) is 7.53. The number of aliphatic imine (C=N–C) groups is 1. The van der Waals surface area contributed by atoms with Gasteiger partial charge in [0.2, 0.25) is 0 Å². The van der Waals surface area contributed by atoms with E-state index in [0.717, 1.165) is 31.0 Å². The van der Waals surface area contributed by atoms with E-state index in [9.17, 15) is 8.78 Å². The molecule has 0 aliphatic carbocycles. The van der Waals surface area contributed by atoms with Crippen molar-refractivity contribution < 1.29 is 17.9 Å². The molecule has 9 heteroatoms. The first kappa shape index (κ1) is 23.4. The molecule has 6 nitrogen and oxygen atoms in total. The van der Waals surface area contributed by atoms with Crippen LogP contribution in [0.1, 0.15) is 24.6 Å². The Balaban J connectivity index is 0.00000300. The first-order chi connectivity index (χ1) is 13.7. The van der Waals surface area contributed by atoms with Gasteiger partial charge in [-0.1, -0.05) is 0 Å². The molecule has 1 aromatic carbocycles. The van der Waals surface area contributed by atoms with Crippen LogP contribution in [0.2, 0.25) is 0 Å². The lowest BCUT2D eigenvalue weighted by molar-refractivity contribution is 0.215. The van der Waals surface area contributed by atoms with Gasteiger partial charge in [-0.25, -0.2) is 8.78 Å². The molecule has 2 heterocycles. The Morgan fingerprint density at radius 3 is 2.66 bits per heavy atom. The van der Waals surface area contributed by atoms with Gasteiger partial charge in [-0.2, -0.15) is 0 Å². The third-order valence-corrected chi connectivity index (χ3v) is 4.69. The Kier molecular flexibility index (Phi) is 9.65. The van der Waals surface area contributed by atoms with E-state index >= 15 is 0 Å². The minimum atomic E-state index is -0.922. The quantitative estimate of drug-likeness (QED) is 0.241. The second-order valence-corrected chi connectivity index (χ2v) is 6.58. The van der Waals surface area contributed by atoms with E-state index in [0.29, 0.717) is 25.7 Å². The Labute approximate surface area is 186 Å². The molecule has 0 radical (unpaired) electrons. The monoisotopic (exact) mass is 520 g/mol. The van der Waals surface area contributed by atoms with Crippen molar-refractivity contribution in [2.45, 2.75) is 18.9 Å². The number of nitrogens with zero attached hydrogens (tertiary/aromatic N) is 2. The van der Waals surface area contributed by atoms with Gasteiger partial charge >= 0.3 is 0 Å². The Bertz CT molecular complexity index is 768. The summed E-state index contributed by atoms with van der Waals surface area (Å²) in [5.74, 6) is 0.0553. The summed E-state index contributed by atoms with van der Waals surface area (Å²) in [6.07, 6.45) is 4.10. The van der Waals surface area contributed by atoms with Crippen molar-refractivity contribution in [3.05, 3.63) is 54.0 Å². The number of hydrogen-bond donors (Lipinski definition) is 2. The topological polar surface area (TPSA) is 62.0 Å². The summed E-state index contributed by atoms with van der Waals surface area (Å²) in [5.41, 5.74) is 0. The van der Waals surface area contributed by atoms with E-state index in [1.807, 2.05) is 12.1 Å². The van der Waals surface area contributed by atoms with Crippen LogP contribution >= 0.6 is 24.0 Å².